The zero-order chi connectivity index (χ0) is 26.3. The molecular formula is C29H35N3O4S. The number of hydrogen-bond acceptors (Lipinski definition) is 5. The standard InChI is InChI=1S/C29H35N3O4S/c1-23-10-12-26(13-11-23)32(37(34,35)28-16-14-27(36-2)15-17-28)22-29(33)30-20-24-8-4-5-9-25(24)21-31-18-6-3-7-19-31/h4-5,8-17H,3,6-7,18-22H2,1-2H3,(H,30,33). The lowest BCUT2D eigenvalue weighted by Crippen LogP contribution is -2.40. The monoisotopic (exact) mass is 521 g/mol. The van der Waals surface area contributed by atoms with Crippen molar-refractivity contribution in [3.8, 4) is 5.75 Å². The largest absolute Gasteiger partial charge is 0.497 e. The van der Waals surface area contributed by atoms with Gasteiger partial charge in [-0.15, -0.1) is 0 Å². The predicted octanol–water partition coefficient (Wildman–Crippen LogP) is 4.50. The van der Waals surface area contributed by atoms with Crippen LogP contribution in [0.25, 0.3) is 0 Å². The summed E-state index contributed by atoms with van der Waals surface area (Å²) < 4.78 is 33.5. The molecule has 0 unspecified atom stereocenters. The number of carbonyl (C=O) groups is 1. The lowest BCUT2D eigenvalue weighted by Gasteiger charge is -2.27. The van der Waals surface area contributed by atoms with Crippen LogP contribution in [0.15, 0.2) is 77.7 Å². The summed E-state index contributed by atoms with van der Waals surface area (Å²) in [4.78, 5) is 15.6. The Morgan fingerprint density at radius 2 is 1.57 bits per heavy atom. The molecule has 4 rings (SSSR count). The van der Waals surface area contributed by atoms with Gasteiger partial charge in [-0.05, 0) is 80.4 Å². The molecule has 7 nitrogen and oxygen atoms in total. The van der Waals surface area contributed by atoms with Gasteiger partial charge in [0.25, 0.3) is 10.0 Å². The van der Waals surface area contributed by atoms with Crippen molar-refractivity contribution in [2.24, 2.45) is 0 Å². The third-order valence-electron chi connectivity index (χ3n) is 6.69. The molecule has 0 spiro atoms. The van der Waals surface area contributed by atoms with Gasteiger partial charge in [-0.1, -0.05) is 48.4 Å². The van der Waals surface area contributed by atoms with Crippen LogP contribution in [0.2, 0.25) is 0 Å². The minimum Gasteiger partial charge on any atom is -0.497 e. The molecule has 1 N–H and O–H groups in total. The number of aryl methyl sites for hydroxylation is 1. The average molecular weight is 522 g/mol. The number of carbonyl (C=O) groups excluding carboxylic acids is 1. The Balaban J connectivity index is 1.50. The first-order valence-electron chi connectivity index (χ1n) is 12.7. The van der Waals surface area contributed by atoms with E-state index in [-0.39, 0.29) is 17.3 Å². The molecule has 1 heterocycles. The number of piperidine rings is 1. The number of anilines is 1. The zero-order valence-corrected chi connectivity index (χ0v) is 22.3. The van der Waals surface area contributed by atoms with E-state index in [9.17, 15) is 13.2 Å². The fraction of sp³-hybridized carbons (Fsp3) is 0.345. The van der Waals surface area contributed by atoms with Crippen molar-refractivity contribution in [1.82, 2.24) is 10.2 Å². The number of ether oxygens (including phenoxy) is 1. The molecule has 0 bridgehead atoms. The van der Waals surface area contributed by atoms with E-state index in [1.165, 1.54) is 44.1 Å². The summed E-state index contributed by atoms with van der Waals surface area (Å²) in [6.45, 7) is 4.98. The number of amides is 1. The minimum absolute atomic E-state index is 0.0913. The fourth-order valence-corrected chi connectivity index (χ4v) is 5.94. The first-order valence-corrected chi connectivity index (χ1v) is 14.1. The molecule has 8 heteroatoms. The van der Waals surface area contributed by atoms with E-state index >= 15 is 0 Å². The summed E-state index contributed by atoms with van der Waals surface area (Å²) in [5.41, 5.74) is 3.66. The smallest absolute Gasteiger partial charge is 0.264 e. The molecule has 0 atom stereocenters. The molecule has 0 aliphatic carbocycles. The summed E-state index contributed by atoms with van der Waals surface area (Å²) in [5.74, 6) is 0.187. The number of likely N-dealkylation sites (tertiary alicyclic amines) is 1. The molecule has 0 radical (unpaired) electrons. The van der Waals surface area contributed by atoms with Crippen LogP contribution in [-0.4, -0.2) is 46.0 Å². The normalized spacial score (nSPS) is 14.2. The molecule has 1 fully saturated rings. The van der Waals surface area contributed by atoms with Crippen molar-refractivity contribution in [2.45, 2.75) is 44.2 Å². The van der Waals surface area contributed by atoms with E-state index in [2.05, 4.69) is 16.3 Å². The highest BCUT2D eigenvalue weighted by atomic mass is 32.2. The molecule has 3 aromatic carbocycles. The highest BCUT2D eigenvalue weighted by Crippen LogP contribution is 2.25. The second kappa shape index (κ2) is 12.3. The number of sulfonamides is 1. The summed E-state index contributed by atoms with van der Waals surface area (Å²) >= 11 is 0. The van der Waals surface area contributed by atoms with E-state index in [4.69, 9.17) is 4.74 Å². The Morgan fingerprint density at radius 3 is 2.22 bits per heavy atom. The molecule has 1 amide bonds. The second-order valence-electron chi connectivity index (χ2n) is 9.41. The maximum absolute atomic E-state index is 13.6. The Kier molecular flexibility index (Phi) is 8.84. The molecule has 0 aromatic heterocycles. The van der Waals surface area contributed by atoms with Crippen LogP contribution in [0.1, 0.15) is 36.0 Å². The number of nitrogens with zero attached hydrogens (tertiary/aromatic N) is 2. The van der Waals surface area contributed by atoms with Gasteiger partial charge in [0.05, 0.1) is 17.7 Å². The van der Waals surface area contributed by atoms with E-state index in [0.717, 1.165) is 35.1 Å². The summed E-state index contributed by atoms with van der Waals surface area (Å²) in [6.07, 6.45) is 3.72. The van der Waals surface area contributed by atoms with Crippen LogP contribution in [0.4, 0.5) is 5.69 Å². The van der Waals surface area contributed by atoms with Crippen molar-refractivity contribution in [2.75, 3.05) is 31.0 Å². The zero-order valence-electron chi connectivity index (χ0n) is 21.5. The number of rotatable bonds is 10. The number of nitrogens with one attached hydrogen (secondary N) is 1. The fourth-order valence-electron chi connectivity index (χ4n) is 4.52. The highest BCUT2D eigenvalue weighted by molar-refractivity contribution is 7.92. The van der Waals surface area contributed by atoms with Gasteiger partial charge in [0.15, 0.2) is 0 Å². The van der Waals surface area contributed by atoms with Gasteiger partial charge < -0.3 is 10.1 Å². The van der Waals surface area contributed by atoms with Gasteiger partial charge in [0.2, 0.25) is 5.91 Å². The Hall–Kier alpha value is -3.36. The molecule has 3 aromatic rings. The molecule has 1 aliphatic rings. The third-order valence-corrected chi connectivity index (χ3v) is 8.48. The number of benzene rings is 3. The molecule has 1 aliphatic heterocycles. The van der Waals surface area contributed by atoms with Gasteiger partial charge >= 0.3 is 0 Å². The molecule has 1 saturated heterocycles. The van der Waals surface area contributed by atoms with Crippen LogP contribution in [0.5, 0.6) is 5.75 Å². The van der Waals surface area contributed by atoms with Crippen molar-refractivity contribution in [3.05, 3.63) is 89.5 Å². The van der Waals surface area contributed by atoms with Crippen molar-refractivity contribution >= 4 is 21.6 Å². The Morgan fingerprint density at radius 1 is 0.919 bits per heavy atom. The topological polar surface area (TPSA) is 79.0 Å². The van der Waals surface area contributed by atoms with Gasteiger partial charge in [-0.25, -0.2) is 8.42 Å². The average Bonchev–Trinajstić information content (AvgIpc) is 2.92. The van der Waals surface area contributed by atoms with E-state index in [1.54, 1.807) is 24.3 Å². The minimum atomic E-state index is -3.99. The summed E-state index contributed by atoms with van der Waals surface area (Å²) in [7, 11) is -2.46. The Labute approximate surface area is 220 Å². The van der Waals surface area contributed by atoms with Crippen LogP contribution in [0, 0.1) is 6.92 Å². The molecule has 37 heavy (non-hydrogen) atoms. The van der Waals surface area contributed by atoms with Crippen molar-refractivity contribution in [1.29, 1.82) is 0 Å². The van der Waals surface area contributed by atoms with Gasteiger partial charge in [0.1, 0.15) is 12.3 Å². The van der Waals surface area contributed by atoms with Crippen molar-refractivity contribution < 1.29 is 17.9 Å². The van der Waals surface area contributed by atoms with Crippen molar-refractivity contribution in [3.63, 3.8) is 0 Å². The first-order chi connectivity index (χ1) is 17.9. The molecule has 196 valence electrons. The lowest BCUT2D eigenvalue weighted by molar-refractivity contribution is -0.119. The predicted molar refractivity (Wildman–Crippen MR) is 146 cm³/mol. The molecular weight excluding hydrogens is 486 g/mol. The maximum Gasteiger partial charge on any atom is 0.264 e. The van der Waals surface area contributed by atoms with Gasteiger partial charge in [0, 0.05) is 13.1 Å². The third kappa shape index (κ3) is 6.90. The van der Waals surface area contributed by atoms with Crippen LogP contribution in [-0.2, 0) is 27.9 Å². The quantitative estimate of drug-likeness (QED) is 0.425. The summed E-state index contributed by atoms with van der Waals surface area (Å²) in [6, 6.07) is 21.4. The van der Waals surface area contributed by atoms with E-state index in [1.807, 2.05) is 37.3 Å². The highest BCUT2D eigenvalue weighted by Gasteiger charge is 2.27. The van der Waals surface area contributed by atoms with E-state index < -0.39 is 10.0 Å². The maximum atomic E-state index is 13.6. The van der Waals surface area contributed by atoms with Crippen LogP contribution >= 0.6 is 0 Å². The number of hydrogen-bond donors (Lipinski definition) is 1. The summed E-state index contributed by atoms with van der Waals surface area (Å²) in [5, 5.41) is 2.95. The molecule has 0 saturated carbocycles. The lowest BCUT2D eigenvalue weighted by atomic mass is 10.0. The van der Waals surface area contributed by atoms with E-state index in [0.29, 0.717) is 18.0 Å². The second-order valence-corrected chi connectivity index (χ2v) is 11.3. The number of methoxy groups -OCH3 is 1. The SMILES string of the molecule is COc1ccc(S(=O)(=O)N(CC(=O)NCc2ccccc2CN2CCCCC2)c2ccc(C)cc2)cc1. The Bertz CT molecular complexity index is 1290. The van der Waals surface area contributed by atoms with Crippen LogP contribution < -0.4 is 14.4 Å². The van der Waals surface area contributed by atoms with Gasteiger partial charge in [-0.3, -0.25) is 14.0 Å². The van der Waals surface area contributed by atoms with Gasteiger partial charge in [-0.2, -0.15) is 0 Å². The first kappa shape index (κ1) is 26.7. The van der Waals surface area contributed by atoms with Crippen LogP contribution in [0.3, 0.4) is 0 Å².